The largest absolute Gasteiger partial charge is 0.495 e. The Morgan fingerprint density at radius 1 is 1.38 bits per heavy atom. The maximum absolute atomic E-state index is 12.3. The number of sulfonamides is 1. The number of nitrogens with one attached hydrogen (secondary N) is 1. The van der Waals surface area contributed by atoms with E-state index in [9.17, 15) is 18.5 Å². The van der Waals surface area contributed by atoms with E-state index in [1.807, 2.05) is 0 Å². The van der Waals surface area contributed by atoms with Crippen LogP contribution in [0, 0.1) is 10.1 Å². The van der Waals surface area contributed by atoms with Crippen molar-refractivity contribution in [2.75, 3.05) is 11.8 Å². The third-order valence-electron chi connectivity index (χ3n) is 2.60. The minimum atomic E-state index is -4.05. The minimum absolute atomic E-state index is 0.00373. The molecule has 0 aliphatic rings. The van der Waals surface area contributed by atoms with Gasteiger partial charge < -0.3 is 4.74 Å². The van der Waals surface area contributed by atoms with Crippen LogP contribution in [0.25, 0.3) is 0 Å². The number of nitrogens with zero attached hydrogens (tertiary/aromatic N) is 3. The van der Waals surface area contributed by atoms with Crippen molar-refractivity contribution >= 4 is 21.5 Å². The van der Waals surface area contributed by atoms with Crippen molar-refractivity contribution in [1.29, 1.82) is 0 Å². The van der Waals surface area contributed by atoms with Crippen LogP contribution in [0.2, 0.25) is 0 Å². The molecule has 0 bridgehead atoms. The number of hydrogen-bond acceptors (Lipinski definition) is 6. The molecule has 1 aromatic heterocycles. The molecule has 10 heteroatoms. The summed E-state index contributed by atoms with van der Waals surface area (Å²) in [6.07, 6.45) is 1.56. The standard InChI is InChI=1S/C11H12N4O5S/c1-14-6-5-11(12-14)13-21(18,19)10-7-8(15(16)17)3-4-9(10)20-2/h3-7H,1-2H3,(H,12,13). The number of hydrogen-bond donors (Lipinski definition) is 1. The van der Waals surface area contributed by atoms with E-state index in [-0.39, 0.29) is 22.2 Å². The number of rotatable bonds is 5. The smallest absolute Gasteiger partial charge is 0.271 e. The summed E-state index contributed by atoms with van der Waals surface area (Å²) in [4.78, 5) is 9.77. The lowest BCUT2D eigenvalue weighted by atomic mass is 10.3. The Kier molecular flexibility index (Phi) is 3.80. The van der Waals surface area contributed by atoms with Crippen LogP contribution >= 0.6 is 0 Å². The van der Waals surface area contributed by atoms with Gasteiger partial charge in [-0.15, -0.1) is 0 Å². The molecular formula is C11H12N4O5S. The number of aryl methyl sites for hydroxylation is 1. The molecule has 1 N–H and O–H groups in total. The van der Waals surface area contributed by atoms with Gasteiger partial charge in [0.05, 0.1) is 12.0 Å². The van der Waals surface area contributed by atoms with Crippen LogP contribution < -0.4 is 9.46 Å². The van der Waals surface area contributed by atoms with Gasteiger partial charge in [-0.3, -0.25) is 19.5 Å². The van der Waals surface area contributed by atoms with Gasteiger partial charge in [-0.2, -0.15) is 5.10 Å². The van der Waals surface area contributed by atoms with Gasteiger partial charge in [0.2, 0.25) is 0 Å². The zero-order valence-corrected chi connectivity index (χ0v) is 12.0. The molecule has 9 nitrogen and oxygen atoms in total. The third-order valence-corrected chi connectivity index (χ3v) is 3.98. The fraction of sp³-hybridized carbons (Fsp3) is 0.182. The average molecular weight is 312 g/mol. The van der Waals surface area contributed by atoms with Crippen molar-refractivity contribution in [3.8, 4) is 5.75 Å². The van der Waals surface area contributed by atoms with Gasteiger partial charge in [0.25, 0.3) is 15.7 Å². The molecule has 0 fully saturated rings. The van der Waals surface area contributed by atoms with E-state index in [0.717, 1.165) is 6.07 Å². The highest BCUT2D eigenvalue weighted by Crippen LogP contribution is 2.29. The zero-order valence-electron chi connectivity index (χ0n) is 11.2. The van der Waals surface area contributed by atoms with Crippen molar-refractivity contribution in [1.82, 2.24) is 9.78 Å². The second kappa shape index (κ2) is 5.40. The van der Waals surface area contributed by atoms with Crippen LogP contribution in [0.1, 0.15) is 0 Å². The number of nitro groups is 1. The molecule has 0 amide bonds. The lowest BCUT2D eigenvalue weighted by Gasteiger charge is -2.09. The Balaban J connectivity index is 2.47. The molecule has 2 rings (SSSR count). The second-order valence-corrected chi connectivity index (χ2v) is 5.72. The van der Waals surface area contributed by atoms with Gasteiger partial charge in [0.15, 0.2) is 5.82 Å². The van der Waals surface area contributed by atoms with Gasteiger partial charge in [-0.25, -0.2) is 8.42 Å². The highest BCUT2D eigenvalue weighted by Gasteiger charge is 2.23. The third kappa shape index (κ3) is 3.11. The molecule has 0 saturated carbocycles. The van der Waals surface area contributed by atoms with E-state index in [2.05, 4.69) is 9.82 Å². The first kappa shape index (κ1) is 14.8. The summed E-state index contributed by atoms with van der Waals surface area (Å²) in [5.41, 5.74) is -0.350. The summed E-state index contributed by atoms with van der Waals surface area (Å²) in [6.45, 7) is 0. The second-order valence-electron chi connectivity index (χ2n) is 4.07. The van der Waals surface area contributed by atoms with Crippen molar-refractivity contribution < 1.29 is 18.1 Å². The van der Waals surface area contributed by atoms with E-state index in [0.29, 0.717) is 0 Å². The molecule has 0 aliphatic carbocycles. The Morgan fingerprint density at radius 2 is 2.10 bits per heavy atom. The predicted molar refractivity (Wildman–Crippen MR) is 73.7 cm³/mol. The number of aromatic nitrogens is 2. The maximum atomic E-state index is 12.3. The monoisotopic (exact) mass is 312 g/mol. The SMILES string of the molecule is COc1ccc([N+](=O)[O-])cc1S(=O)(=O)Nc1ccn(C)n1. The molecule has 2 aromatic rings. The van der Waals surface area contributed by atoms with E-state index in [1.165, 1.54) is 30.0 Å². The summed E-state index contributed by atoms with van der Waals surface area (Å²) >= 11 is 0. The number of non-ortho nitro benzene ring substituents is 1. The van der Waals surface area contributed by atoms with Gasteiger partial charge in [0, 0.05) is 31.4 Å². The lowest BCUT2D eigenvalue weighted by molar-refractivity contribution is -0.385. The fourth-order valence-electron chi connectivity index (χ4n) is 1.65. The molecule has 1 aromatic carbocycles. The van der Waals surface area contributed by atoms with E-state index in [4.69, 9.17) is 4.74 Å². The van der Waals surface area contributed by atoms with Crippen molar-refractivity contribution in [3.63, 3.8) is 0 Å². The van der Waals surface area contributed by atoms with Gasteiger partial charge >= 0.3 is 0 Å². The number of methoxy groups -OCH3 is 1. The molecule has 0 spiro atoms. The highest BCUT2D eigenvalue weighted by atomic mass is 32.2. The van der Waals surface area contributed by atoms with Gasteiger partial charge in [0.1, 0.15) is 10.6 Å². The molecule has 0 saturated heterocycles. The van der Waals surface area contributed by atoms with Crippen molar-refractivity contribution in [2.24, 2.45) is 7.05 Å². The first-order valence-electron chi connectivity index (χ1n) is 5.68. The Hall–Kier alpha value is -2.62. The van der Waals surface area contributed by atoms with E-state index < -0.39 is 14.9 Å². The summed E-state index contributed by atoms with van der Waals surface area (Å²) in [5.74, 6) is 0.107. The van der Waals surface area contributed by atoms with Crippen LogP contribution in [0.4, 0.5) is 11.5 Å². The summed E-state index contributed by atoms with van der Waals surface area (Å²) in [6, 6.07) is 4.79. The summed E-state index contributed by atoms with van der Waals surface area (Å²) < 4.78 is 33.2. The number of ether oxygens (including phenoxy) is 1. The molecule has 0 radical (unpaired) electrons. The van der Waals surface area contributed by atoms with Crippen LogP contribution in [0.3, 0.4) is 0 Å². The normalized spacial score (nSPS) is 11.1. The summed E-state index contributed by atoms with van der Waals surface area (Å²) in [7, 11) is -1.14. The van der Waals surface area contributed by atoms with Crippen LogP contribution in [0.15, 0.2) is 35.4 Å². The Labute approximate surface area is 120 Å². The van der Waals surface area contributed by atoms with Crippen LogP contribution in [-0.4, -0.2) is 30.2 Å². The number of benzene rings is 1. The van der Waals surface area contributed by atoms with Crippen molar-refractivity contribution in [3.05, 3.63) is 40.6 Å². The molecule has 0 unspecified atom stereocenters. The van der Waals surface area contributed by atoms with Crippen LogP contribution in [0.5, 0.6) is 5.75 Å². The Bertz CT molecular complexity index is 784. The first-order chi connectivity index (χ1) is 9.83. The quantitative estimate of drug-likeness (QED) is 0.653. The average Bonchev–Trinajstić information content (AvgIpc) is 2.82. The molecule has 1 heterocycles. The van der Waals surface area contributed by atoms with E-state index in [1.54, 1.807) is 13.2 Å². The predicted octanol–water partition coefficient (Wildman–Crippen LogP) is 1.14. The van der Waals surface area contributed by atoms with Crippen molar-refractivity contribution in [2.45, 2.75) is 4.90 Å². The van der Waals surface area contributed by atoms with Gasteiger partial charge in [-0.1, -0.05) is 0 Å². The molecule has 112 valence electrons. The number of nitro benzene ring substituents is 1. The first-order valence-corrected chi connectivity index (χ1v) is 7.16. The zero-order chi connectivity index (χ0) is 15.6. The molecule has 21 heavy (non-hydrogen) atoms. The van der Waals surface area contributed by atoms with Gasteiger partial charge in [-0.05, 0) is 6.07 Å². The Morgan fingerprint density at radius 3 is 2.62 bits per heavy atom. The van der Waals surface area contributed by atoms with Crippen LogP contribution in [-0.2, 0) is 17.1 Å². The lowest BCUT2D eigenvalue weighted by Crippen LogP contribution is -2.15. The molecule has 0 atom stereocenters. The number of anilines is 1. The summed E-state index contributed by atoms with van der Waals surface area (Å²) in [5, 5.41) is 14.7. The van der Waals surface area contributed by atoms with E-state index >= 15 is 0 Å². The maximum Gasteiger partial charge on any atom is 0.271 e. The minimum Gasteiger partial charge on any atom is -0.495 e. The highest BCUT2D eigenvalue weighted by molar-refractivity contribution is 7.92. The molecule has 0 aliphatic heterocycles. The topological polar surface area (TPSA) is 116 Å². The fourth-order valence-corrected chi connectivity index (χ4v) is 2.84. The molecular weight excluding hydrogens is 300 g/mol.